The summed E-state index contributed by atoms with van der Waals surface area (Å²) in [7, 11) is -3.40. The SMILES string of the molecule is CCCN(CC(=O)OCC)S(=O)(=O)CCCCCl. The van der Waals surface area contributed by atoms with Crippen molar-refractivity contribution in [3.8, 4) is 0 Å². The molecule has 0 radical (unpaired) electrons. The summed E-state index contributed by atoms with van der Waals surface area (Å²) in [6.45, 7) is 3.95. The number of ether oxygens (including phenoxy) is 1. The number of esters is 1. The molecule has 0 aliphatic rings. The molecular formula is C11H22ClNO4S. The summed E-state index contributed by atoms with van der Waals surface area (Å²) in [5.41, 5.74) is 0. The number of hydrogen-bond acceptors (Lipinski definition) is 4. The molecule has 0 aromatic rings. The summed E-state index contributed by atoms with van der Waals surface area (Å²) in [4.78, 5) is 11.4. The van der Waals surface area contributed by atoms with E-state index in [1.165, 1.54) is 4.31 Å². The fraction of sp³-hybridized carbons (Fsp3) is 0.909. The van der Waals surface area contributed by atoms with E-state index >= 15 is 0 Å². The second kappa shape index (κ2) is 9.58. The third-order valence-electron chi connectivity index (χ3n) is 2.26. The maximum absolute atomic E-state index is 12.0. The number of halogens is 1. The lowest BCUT2D eigenvalue weighted by Gasteiger charge is -2.20. The average Bonchev–Trinajstić information content (AvgIpc) is 2.29. The van der Waals surface area contributed by atoms with Crippen molar-refractivity contribution >= 4 is 27.6 Å². The van der Waals surface area contributed by atoms with Gasteiger partial charge in [-0.3, -0.25) is 4.79 Å². The summed E-state index contributed by atoms with van der Waals surface area (Å²) in [5, 5.41) is 0. The third kappa shape index (κ3) is 7.18. The molecule has 0 aromatic heterocycles. The molecule has 0 unspecified atom stereocenters. The van der Waals surface area contributed by atoms with Gasteiger partial charge in [0.05, 0.1) is 12.4 Å². The number of carbonyl (C=O) groups excluding carboxylic acids is 1. The van der Waals surface area contributed by atoms with Crippen LogP contribution >= 0.6 is 11.6 Å². The van der Waals surface area contributed by atoms with Crippen molar-refractivity contribution in [3.63, 3.8) is 0 Å². The number of alkyl halides is 1. The molecule has 0 rings (SSSR count). The molecule has 0 aliphatic carbocycles. The molecule has 0 heterocycles. The van der Waals surface area contributed by atoms with Gasteiger partial charge in [-0.1, -0.05) is 6.92 Å². The first-order chi connectivity index (χ1) is 8.47. The third-order valence-corrected chi connectivity index (χ3v) is 4.43. The summed E-state index contributed by atoms with van der Waals surface area (Å²) in [6.07, 6.45) is 1.82. The Morgan fingerprint density at radius 3 is 2.44 bits per heavy atom. The van der Waals surface area contributed by atoms with Crippen LogP contribution < -0.4 is 0 Å². The minimum absolute atomic E-state index is 0.0269. The van der Waals surface area contributed by atoms with E-state index in [1.54, 1.807) is 6.92 Å². The molecule has 0 saturated heterocycles. The molecule has 0 spiro atoms. The van der Waals surface area contributed by atoms with Crippen molar-refractivity contribution in [2.75, 3.05) is 31.3 Å². The second-order valence-corrected chi connectivity index (χ2v) is 6.32. The van der Waals surface area contributed by atoms with E-state index in [-0.39, 0.29) is 18.9 Å². The lowest BCUT2D eigenvalue weighted by molar-refractivity contribution is -0.143. The highest BCUT2D eigenvalue weighted by molar-refractivity contribution is 7.89. The van der Waals surface area contributed by atoms with Crippen molar-refractivity contribution in [3.05, 3.63) is 0 Å². The molecule has 0 amide bonds. The van der Waals surface area contributed by atoms with Crippen LogP contribution in [0.1, 0.15) is 33.1 Å². The molecule has 18 heavy (non-hydrogen) atoms. The van der Waals surface area contributed by atoms with Gasteiger partial charge in [-0.2, -0.15) is 4.31 Å². The average molecular weight is 300 g/mol. The number of hydrogen-bond donors (Lipinski definition) is 0. The molecule has 0 atom stereocenters. The van der Waals surface area contributed by atoms with Gasteiger partial charge < -0.3 is 4.74 Å². The van der Waals surface area contributed by atoms with Crippen LogP contribution in [0.4, 0.5) is 0 Å². The lowest BCUT2D eigenvalue weighted by Crippen LogP contribution is -2.38. The Hall–Kier alpha value is -0.330. The zero-order chi connectivity index (χ0) is 14.0. The first-order valence-electron chi connectivity index (χ1n) is 6.17. The van der Waals surface area contributed by atoms with Gasteiger partial charge in [-0.05, 0) is 26.2 Å². The molecule has 0 saturated carbocycles. The molecule has 7 heteroatoms. The quantitative estimate of drug-likeness (QED) is 0.349. The van der Waals surface area contributed by atoms with Gasteiger partial charge in [0.1, 0.15) is 6.54 Å². The standard InChI is InChI=1S/C11H22ClNO4S/c1-3-8-13(10-11(14)17-4-2)18(15,16)9-6-5-7-12/h3-10H2,1-2H3. The van der Waals surface area contributed by atoms with Gasteiger partial charge in [0.25, 0.3) is 0 Å². The summed E-state index contributed by atoms with van der Waals surface area (Å²) in [6, 6.07) is 0. The molecule has 0 aromatic carbocycles. The predicted molar refractivity (Wildman–Crippen MR) is 72.2 cm³/mol. The minimum Gasteiger partial charge on any atom is -0.465 e. The second-order valence-electron chi connectivity index (χ2n) is 3.85. The van der Waals surface area contributed by atoms with Gasteiger partial charge in [0, 0.05) is 12.4 Å². The van der Waals surface area contributed by atoms with E-state index in [4.69, 9.17) is 16.3 Å². The minimum atomic E-state index is -3.40. The van der Waals surface area contributed by atoms with Gasteiger partial charge in [-0.15, -0.1) is 11.6 Å². The van der Waals surface area contributed by atoms with Crippen LogP contribution in [0, 0.1) is 0 Å². The zero-order valence-corrected chi connectivity index (χ0v) is 12.6. The van der Waals surface area contributed by atoms with E-state index in [0.29, 0.717) is 31.7 Å². The van der Waals surface area contributed by atoms with Crippen LogP contribution in [0.15, 0.2) is 0 Å². The number of nitrogens with zero attached hydrogens (tertiary/aromatic N) is 1. The van der Waals surface area contributed by atoms with E-state index in [0.717, 1.165) is 0 Å². The van der Waals surface area contributed by atoms with Gasteiger partial charge in [-0.25, -0.2) is 8.42 Å². The Kier molecular flexibility index (Phi) is 9.40. The van der Waals surface area contributed by atoms with Gasteiger partial charge in [0.2, 0.25) is 10.0 Å². The van der Waals surface area contributed by atoms with Crippen LogP contribution in [0.5, 0.6) is 0 Å². The van der Waals surface area contributed by atoms with Gasteiger partial charge >= 0.3 is 5.97 Å². The smallest absolute Gasteiger partial charge is 0.321 e. The Balaban J connectivity index is 4.50. The maximum atomic E-state index is 12.0. The van der Waals surface area contributed by atoms with Gasteiger partial charge in [0.15, 0.2) is 0 Å². The number of carbonyl (C=O) groups is 1. The molecule has 0 bridgehead atoms. The fourth-order valence-corrected chi connectivity index (χ4v) is 3.20. The molecule has 5 nitrogen and oxygen atoms in total. The Morgan fingerprint density at radius 1 is 1.28 bits per heavy atom. The highest BCUT2D eigenvalue weighted by Gasteiger charge is 2.23. The Bertz CT molecular complexity index is 332. The topological polar surface area (TPSA) is 63.7 Å². The van der Waals surface area contributed by atoms with Crippen molar-refractivity contribution in [1.82, 2.24) is 4.31 Å². The van der Waals surface area contributed by atoms with E-state index < -0.39 is 16.0 Å². The van der Waals surface area contributed by atoms with Crippen LogP contribution in [-0.2, 0) is 19.6 Å². The molecule has 0 aliphatic heterocycles. The number of sulfonamides is 1. The fourth-order valence-electron chi connectivity index (χ4n) is 1.42. The van der Waals surface area contributed by atoms with E-state index in [1.807, 2.05) is 6.92 Å². The molecule has 0 N–H and O–H groups in total. The normalized spacial score (nSPS) is 11.8. The van der Waals surface area contributed by atoms with Crippen molar-refractivity contribution in [2.45, 2.75) is 33.1 Å². The molecule has 0 fully saturated rings. The summed E-state index contributed by atoms with van der Waals surface area (Å²) in [5.74, 6) is -0.0350. The van der Waals surface area contributed by atoms with Crippen molar-refractivity contribution < 1.29 is 17.9 Å². The monoisotopic (exact) mass is 299 g/mol. The van der Waals surface area contributed by atoms with Crippen LogP contribution in [0.2, 0.25) is 0 Å². The summed E-state index contributed by atoms with van der Waals surface area (Å²) < 4.78 is 30.0. The van der Waals surface area contributed by atoms with Crippen LogP contribution in [0.25, 0.3) is 0 Å². The predicted octanol–water partition coefficient (Wildman–Crippen LogP) is 1.61. The molecule has 108 valence electrons. The van der Waals surface area contributed by atoms with Crippen molar-refractivity contribution in [1.29, 1.82) is 0 Å². The zero-order valence-electron chi connectivity index (χ0n) is 11.0. The highest BCUT2D eigenvalue weighted by atomic mass is 35.5. The van der Waals surface area contributed by atoms with Crippen LogP contribution in [-0.4, -0.2) is 50.0 Å². The summed E-state index contributed by atoms with van der Waals surface area (Å²) >= 11 is 5.51. The number of rotatable bonds is 10. The first kappa shape index (κ1) is 17.7. The lowest BCUT2D eigenvalue weighted by atomic mass is 10.4. The van der Waals surface area contributed by atoms with Crippen LogP contribution in [0.3, 0.4) is 0 Å². The van der Waals surface area contributed by atoms with Crippen molar-refractivity contribution in [2.24, 2.45) is 0 Å². The molecular weight excluding hydrogens is 278 g/mol. The Labute approximate surface area is 114 Å². The van der Waals surface area contributed by atoms with E-state index in [9.17, 15) is 13.2 Å². The van der Waals surface area contributed by atoms with E-state index in [2.05, 4.69) is 0 Å². The first-order valence-corrected chi connectivity index (χ1v) is 8.31. The maximum Gasteiger partial charge on any atom is 0.321 e. The largest absolute Gasteiger partial charge is 0.465 e. The highest BCUT2D eigenvalue weighted by Crippen LogP contribution is 2.07. The Morgan fingerprint density at radius 2 is 1.94 bits per heavy atom. The number of unbranched alkanes of at least 4 members (excludes halogenated alkanes) is 1.